The third-order valence-electron chi connectivity index (χ3n) is 2.43. The fourth-order valence-electron chi connectivity index (χ4n) is 1.53. The number of aliphatic carboxylic acids is 1. The Bertz CT molecular complexity index is 480. The monoisotopic (exact) mass is 251 g/mol. The van der Waals surface area contributed by atoms with Crippen LogP contribution in [0.4, 0.5) is 0 Å². The van der Waals surface area contributed by atoms with E-state index in [1.54, 1.807) is 0 Å². The summed E-state index contributed by atoms with van der Waals surface area (Å²) in [5.74, 6) is -0.942. The van der Waals surface area contributed by atoms with E-state index in [1.807, 2.05) is 6.07 Å². The highest BCUT2D eigenvalue weighted by Gasteiger charge is 2.24. The Balaban J connectivity index is 3.06. The number of carboxylic acid groups (broad SMARTS) is 1. The zero-order chi connectivity index (χ0) is 13.7. The molecule has 0 heterocycles. The number of aliphatic hydroxyl groups is 2. The molecule has 6 nitrogen and oxygen atoms in total. The van der Waals surface area contributed by atoms with Crippen molar-refractivity contribution >= 4 is 5.97 Å². The summed E-state index contributed by atoms with van der Waals surface area (Å²) in [6.45, 7) is 0. The Morgan fingerprint density at radius 1 is 1.50 bits per heavy atom. The molecular weight excluding hydrogens is 238 g/mol. The fourth-order valence-corrected chi connectivity index (χ4v) is 1.53. The summed E-state index contributed by atoms with van der Waals surface area (Å²) in [5, 5.41) is 36.7. The highest BCUT2D eigenvalue weighted by Crippen LogP contribution is 2.29. The Labute approximate surface area is 104 Å². The van der Waals surface area contributed by atoms with Crippen LogP contribution in [-0.2, 0) is 4.79 Å². The second-order valence-corrected chi connectivity index (χ2v) is 3.68. The van der Waals surface area contributed by atoms with Gasteiger partial charge in [-0.15, -0.1) is 0 Å². The molecule has 18 heavy (non-hydrogen) atoms. The molecule has 0 aliphatic rings. The van der Waals surface area contributed by atoms with E-state index in [1.165, 1.54) is 25.3 Å². The van der Waals surface area contributed by atoms with Crippen molar-refractivity contribution in [1.29, 1.82) is 5.26 Å². The molecule has 0 spiro atoms. The van der Waals surface area contributed by atoms with E-state index in [4.69, 9.17) is 15.1 Å². The molecule has 0 saturated carbocycles. The predicted molar refractivity (Wildman–Crippen MR) is 60.9 cm³/mol. The number of methoxy groups -OCH3 is 1. The van der Waals surface area contributed by atoms with Gasteiger partial charge in [-0.1, -0.05) is 0 Å². The number of rotatable bonds is 5. The lowest BCUT2D eigenvalue weighted by molar-refractivity contribution is -0.141. The van der Waals surface area contributed by atoms with Gasteiger partial charge in [0.25, 0.3) is 0 Å². The van der Waals surface area contributed by atoms with Gasteiger partial charge in [0.15, 0.2) is 0 Å². The van der Waals surface area contributed by atoms with E-state index in [0.717, 1.165) is 0 Å². The van der Waals surface area contributed by atoms with E-state index < -0.39 is 24.6 Å². The van der Waals surface area contributed by atoms with Crippen LogP contribution in [0.1, 0.15) is 23.7 Å². The lowest BCUT2D eigenvalue weighted by atomic mass is 9.99. The fraction of sp³-hybridized carbons (Fsp3) is 0.333. The smallest absolute Gasteiger partial charge is 0.306 e. The molecule has 1 rings (SSSR count). The van der Waals surface area contributed by atoms with Crippen LogP contribution in [0.3, 0.4) is 0 Å². The molecule has 0 radical (unpaired) electrons. The van der Waals surface area contributed by atoms with Crippen molar-refractivity contribution < 1.29 is 24.9 Å². The lowest BCUT2D eigenvalue weighted by Crippen LogP contribution is -2.22. The second-order valence-electron chi connectivity index (χ2n) is 3.68. The minimum Gasteiger partial charge on any atom is -0.496 e. The third-order valence-corrected chi connectivity index (χ3v) is 2.43. The van der Waals surface area contributed by atoms with Crippen molar-refractivity contribution in [2.75, 3.05) is 7.11 Å². The predicted octanol–water partition coefficient (Wildman–Crippen LogP) is 0.436. The summed E-state index contributed by atoms with van der Waals surface area (Å²) < 4.78 is 4.99. The first-order valence-electron chi connectivity index (χ1n) is 5.15. The molecule has 1 aromatic rings. The van der Waals surface area contributed by atoms with Crippen molar-refractivity contribution in [2.45, 2.75) is 18.6 Å². The van der Waals surface area contributed by atoms with Crippen molar-refractivity contribution in [3.05, 3.63) is 29.3 Å². The molecule has 0 fully saturated rings. The van der Waals surface area contributed by atoms with E-state index in [2.05, 4.69) is 0 Å². The number of aliphatic hydroxyl groups excluding tert-OH is 2. The normalized spacial score (nSPS) is 13.4. The Kier molecular flexibility index (Phi) is 4.66. The highest BCUT2D eigenvalue weighted by molar-refractivity contribution is 5.67. The highest BCUT2D eigenvalue weighted by atomic mass is 16.5. The summed E-state index contributed by atoms with van der Waals surface area (Å²) in [4.78, 5) is 10.5. The first-order valence-corrected chi connectivity index (χ1v) is 5.15. The van der Waals surface area contributed by atoms with Gasteiger partial charge >= 0.3 is 5.97 Å². The number of ether oxygens (including phenoxy) is 1. The number of nitrogens with zero attached hydrogens (tertiary/aromatic N) is 1. The van der Waals surface area contributed by atoms with E-state index in [-0.39, 0.29) is 16.9 Å². The maximum Gasteiger partial charge on any atom is 0.306 e. The lowest BCUT2D eigenvalue weighted by Gasteiger charge is -2.19. The Morgan fingerprint density at radius 3 is 2.67 bits per heavy atom. The number of carboxylic acids is 1. The largest absolute Gasteiger partial charge is 0.496 e. The van der Waals surface area contributed by atoms with Gasteiger partial charge < -0.3 is 20.1 Å². The van der Waals surface area contributed by atoms with Gasteiger partial charge in [0.05, 0.1) is 31.3 Å². The van der Waals surface area contributed by atoms with Gasteiger partial charge in [-0.3, -0.25) is 4.79 Å². The molecule has 0 bridgehead atoms. The standard InChI is InChI=1S/C12H13NO5/c1-18-10-3-2-7(6-13)4-8(10)12(17)9(14)5-11(15)16/h2-4,9,12,14,17H,5H2,1H3,(H,15,16). The molecular formula is C12H13NO5. The summed E-state index contributed by atoms with van der Waals surface area (Å²) in [5.41, 5.74) is 0.470. The molecule has 2 atom stereocenters. The number of hydrogen-bond acceptors (Lipinski definition) is 5. The third kappa shape index (κ3) is 3.20. The molecule has 0 aliphatic heterocycles. The van der Waals surface area contributed by atoms with Crippen molar-refractivity contribution in [1.82, 2.24) is 0 Å². The van der Waals surface area contributed by atoms with Gasteiger partial charge in [0.1, 0.15) is 11.9 Å². The van der Waals surface area contributed by atoms with Crippen LogP contribution in [0.25, 0.3) is 0 Å². The minimum absolute atomic E-state index is 0.185. The zero-order valence-electron chi connectivity index (χ0n) is 9.70. The molecule has 96 valence electrons. The van der Waals surface area contributed by atoms with Crippen molar-refractivity contribution in [3.63, 3.8) is 0 Å². The number of hydrogen-bond donors (Lipinski definition) is 3. The molecule has 3 N–H and O–H groups in total. The number of nitriles is 1. The quantitative estimate of drug-likeness (QED) is 0.700. The first kappa shape index (κ1) is 14.0. The molecule has 6 heteroatoms. The van der Waals surface area contributed by atoms with Gasteiger partial charge in [-0.25, -0.2) is 0 Å². The Morgan fingerprint density at radius 2 is 2.17 bits per heavy atom. The maximum absolute atomic E-state index is 10.5. The van der Waals surface area contributed by atoms with E-state index in [0.29, 0.717) is 0 Å². The van der Waals surface area contributed by atoms with Crippen LogP contribution in [0.5, 0.6) is 5.75 Å². The van der Waals surface area contributed by atoms with Gasteiger partial charge in [-0.05, 0) is 18.2 Å². The summed E-state index contributed by atoms with van der Waals surface area (Å²) in [6, 6.07) is 6.22. The molecule has 1 aromatic carbocycles. The van der Waals surface area contributed by atoms with Crippen LogP contribution in [0.15, 0.2) is 18.2 Å². The molecule has 0 aliphatic carbocycles. The van der Waals surface area contributed by atoms with E-state index in [9.17, 15) is 15.0 Å². The van der Waals surface area contributed by atoms with Crippen molar-refractivity contribution in [3.8, 4) is 11.8 Å². The summed E-state index contributed by atoms with van der Waals surface area (Å²) in [6.07, 6.45) is -3.49. The molecule has 0 aromatic heterocycles. The average Bonchev–Trinajstić information content (AvgIpc) is 2.36. The van der Waals surface area contributed by atoms with Crippen LogP contribution >= 0.6 is 0 Å². The molecule has 2 unspecified atom stereocenters. The SMILES string of the molecule is COc1ccc(C#N)cc1C(O)C(O)CC(=O)O. The van der Waals surface area contributed by atoms with Gasteiger partial charge in [0.2, 0.25) is 0 Å². The molecule has 0 amide bonds. The molecule has 0 saturated heterocycles. The van der Waals surface area contributed by atoms with Crippen LogP contribution < -0.4 is 4.74 Å². The zero-order valence-corrected chi connectivity index (χ0v) is 9.70. The number of benzene rings is 1. The van der Waals surface area contributed by atoms with Gasteiger partial charge in [-0.2, -0.15) is 5.26 Å². The van der Waals surface area contributed by atoms with Crippen LogP contribution in [-0.4, -0.2) is 34.5 Å². The second kappa shape index (κ2) is 6.00. The van der Waals surface area contributed by atoms with Crippen molar-refractivity contribution in [2.24, 2.45) is 0 Å². The number of carbonyl (C=O) groups is 1. The van der Waals surface area contributed by atoms with E-state index >= 15 is 0 Å². The van der Waals surface area contributed by atoms with Crippen LogP contribution in [0, 0.1) is 11.3 Å². The van der Waals surface area contributed by atoms with Crippen LogP contribution in [0.2, 0.25) is 0 Å². The van der Waals surface area contributed by atoms with Gasteiger partial charge in [0, 0.05) is 5.56 Å². The summed E-state index contributed by atoms with van der Waals surface area (Å²) in [7, 11) is 1.38. The topological polar surface area (TPSA) is 111 Å². The maximum atomic E-state index is 10.5. The Hall–Kier alpha value is -2.10. The minimum atomic E-state index is -1.47. The summed E-state index contributed by atoms with van der Waals surface area (Å²) >= 11 is 0. The average molecular weight is 251 g/mol. The first-order chi connectivity index (χ1) is 8.49.